The van der Waals surface area contributed by atoms with Crippen LogP contribution in [0.2, 0.25) is 5.15 Å². The highest BCUT2D eigenvalue weighted by atomic mass is 35.5. The van der Waals surface area contributed by atoms with Crippen LogP contribution in [0.5, 0.6) is 0 Å². The van der Waals surface area contributed by atoms with E-state index < -0.39 is 0 Å². The lowest BCUT2D eigenvalue weighted by Crippen LogP contribution is -2.33. The predicted octanol–water partition coefficient (Wildman–Crippen LogP) is 1.34. The summed E-state index contributed by atoms with van der Waals surface area (Å²) >= 11 is 5.76. The summed E-state index contributed by atoms with van der Waals surface area (Å²) in [4.78, 5) is 6.41. The molecule has 5 nitrogen and oxygen atoms in total. The van der Waals surface area contributed by atoms with Gasteiger partial charge >= 0.3 is 0 Å². The third-order valence-corrected chi connectivity index (χ3v) is 3.14. The van der Waals surface area contributed by atoms with Gasteiger partial charge in [-0.15, -0.1) is 10.2 Å². The number of halogens is 1. The van der Waals surface area contributed by atoms with Crippen LogP contribution in [0.15, 0.2) is 24.7 Å². The molecule has 0 spiro atoms. The smallest absolute Gasteiger partial charge is 0.147 e. The van der Waals surface area contributed by atoms with Crippen molar-refractivity contribution < 1.29 is 0 Å². The van der Waals surface area contributed by atoms with Crippen LogP contribution < -0.4 is 0 Å². The van der Waals surface area contributed by atoms with E-state index in [2.05, 4.69) is 24.6 Å². The monoisotopic (exact) mass is 249 g/mol. The van der Waals surface area contributed by atoms with Crippen molar-refractivity contribution in [1.29, 1.82) is 0 Å². The number of pyridine rings is 1. The van der Waals surface area contributed by atoms with Gasteiger partial charge in [-0.25, -0.2) is 4.98 Å². The highest BCUT2D eigenvalue weighted by Gasteiger charge is 2.17. The van der Waals surface area contributed by atoms with E-state index in [1.165, 1.54) is 5.56 Å². The molecule has 0 amide bonds. The second kappa shape index (κ2) is 4.43. The summed E-state index contributed by atoms with van der Waals surface area (Å²) in [5.41, 5.74) is 1.17. The van der Waals surface area contributed by atoms with Gasteiger partial charge in [0.1, 0.15) is 17.3 Å². The second-order valence-electron chi connectivity index (χ2n) is 4.14. The van der Waals surface area contributed by atoms with Crippen molar-refractivity contribution in [3.05, 3.63) is 41.2 Å². The van der Waals surface area contributed by atoms with Crippen molar-refractivity contribution in [2.24, 2.45) is 0 Å². The van der Waals surface area contributed by atoms with Crippen LogP contribution in [0.25, 0.3) is 0 Å². The molecule has 0 saturated carbocycles. The van der Waals surface area contributed by atoms with Crippen LogP contribution in [-0.2, 0) is 19.6 Å². The van der Waals surface area contributed by atoms with Gasteiger partial charge in [0.25, 0.3) is 0 Å². The van der Waals surface area contributed by atoms with E-state index in [0.717, 1.165) is 32.0 Å². The molecule has 0 bridgehead atoms. The zero-order valence-corrected chi connectivity index (χ0v) is 10.0. The topological polar surface area (TPSA) is 46.8 Å². The van der Waals surface area contributed by atoms with Gasteiger partial charge in [-0.2, -0.15) is 0 Å². The molecule has 0 radical (unpaired) electrons. The standard InChI is InChI=1S/C11H12ClN5/c12-10-2-1-9(5-13-10)6-16-3-4-17-8-14-15-11(17)7-16/h1-2,5,8H,3-4,6-7H2. The molecule has 3 rings (SSSR count). The van der Waals surface area contributed by atoms with Crippen molar-refractivity contribution >= 4 is 11.6 Å². The summed E-state index contributed by atoms with van der Waals surface area (Å²) in [6.07, 6.45) is 3.61. The van der Waals surface area contributed by atoms with Crippen LogP contribution in [0.1, 0.15) is 11.4 Å². The highest BCUT2D eigenvalue weighted by molar-refractivity contribution is 6.29. The molecule has 0 aliphatic carbocycles. The Hall–Kier alpha value is -1.46. The zero-order chi connectivity index (χ0) is 11.7. The average Bonchev–Trinajstić information content (AvgIpc) is 2.79. The fraction of sp³-hybridized carbons (Fsp3) is 0.364. The van der Waals surface area contributed by atoms with E-state index in [1.54, 1.807) is 6.33 Å². The average molecular weight is 250 g/mol. The van der Waals surface area contributed by atoms with Crippen LogP contribution in [0.4, 0.5) is 0 Å². The lowest BCUT2D eigenvalue weighted by atomic mass is 10.2. The Balaban J connectivity index is 1.69. The molecule has 3 heterocycles. The Morgan fingerprint density at radius 1 is 1.29 bits per heavy atom. The fourth-order valence-corrected chi connectivity index (χ4v) is 2.12. The molecular formula is C11H12ClN5. The van der Waals surface area contributed by atoms with E-state index in [9.17, 15) is 0 Å². The van der Waals surface area contributed by atoms with E-state index in [0.29, 0.717) is 5.15 Å². The minimum Gasteiger partial charge on any atom is -0.315 e. The second-order valence-corrected chi connectivity index (χ2v) is 4.53. The van der Waals surface area contributed by atoms with Gasteiger partial charge in [-0.05, 0) is 11.6 Å². The number of nitrogens with zero attached hydrogens (tertiary/aromatic N) is 5. The Morgan fingerprint density at radius 2 is 2.24 bits per heavy atom. The van der Waals surface area contributed by atoms with Crippen LogP contribution in [0, 0.1) is 0 Å². The van der Waals surface area contributed by atoms with Crippen LogP contribution in [0.3, 0.4) is 0 Å². The Bertz CT molecular complexity index is 507. The predicted molar refractivity (Wildman–Crippen MR) is 63.4 cm³/mol. The van der Waals surface area contributed by atoms with Gasteiger partial charge in [-0.3, -0.25) is 4.90 Å². The zero-order valence-electron chi connectivity index (χ0n) is 9.25. The first kappa shape index (κ1) is 10.7. The van der Waals surface area contributed by atoms with Gasteiger partial charge < -0.3 is 4.57 Å². The third kappa shape index (κ3) is 2.30. The maximum absolute atomic E-state index is 5.76. The lowest BCUT2D eigenvalue weighted by molar-refractivity contribution is 0.208. The fourth-order valence-electron chi connectivity index (χ4n) is 2.01. The number of hydrogen-bond donors (Lipinski definition) is 0. The molecule has 0 fully saturated rings. The molecule has 1 aliphatic heterocycles. The maximum Gasteiger partial charge on any atom is 0.147 e. The number of rotatable bonds is 2. The summed E-state index contributed by atoms with van der Waals surface area (Å²) in [5.74, 6) is 1.03. The van der Waals surface area contributed by atoms with Crippen LogP contribution >= 0.6 is 11.6 Å². The molecule has 0 atom stereocenters. The van der Waals surface area contributed by atoms with Gasteiger partial charge in [0, 0.05) is 25.8 Å². The van der Waals surface area contributed by atoms with Gasteiger partial charge in [-0.1, -0.05) is 17.7 Å². The number of hydrogen-bond acceptors (Lipinski definition) is 4. The van der Waals surface area contributed by atoms with Crippen molar-refractivity contribution in [2.45, 2.75) is 19.6 Å². The Morgan fingerprint density at radius 3 is 3.06 bits per heavy atom. The number of fused-ring (bicyclic) bond motifs is 1. The largest absolute Gasteiger partial charge is 0.315 e. The number of aromatic nitrogens is 4. The molecule has 6 heteroatoms. The van der Waals surface area contributed by atoms with E-state index in [4.69, 9.17) is 11.6 Å². The molecule has 0 unspecified atom stereocenters. The Kier molecular flexibility index (Phi) is 2.78. The minimum absolute atomic E-state index is 0.534. The van der Waals surface area contributed by atoms with Gasteiger partial charge in [0.2, 0.25) is 0 Å². The molecular weight excluding hydrogens is 238 g/mol. The first-order chi connectivity index (χ1) is 8.31. The van der Waals surface area contributed by atoms with Crippen molar-refractivity contribution in [3.8, 4) is 0 Å². The summed E-state index contributed by atoms with van der Waals surface area (Å²) in [6, 6.07) is 3.83. The molecule has 1 aliphatic rings. The Labute approximate surface area is 104 Å². The summed E-state index contributed by atoms with van der Waals surface area (Å²) in [6.45, 7) is 3.66. The van der Waals surface area contributed by atoms with E-state index >= 15 is 0 Å². The minimum atomic E-state index is 0.534. The van der Waals surface area contributed by atoms with E-state index in [-0.39, 0.29) is 0 Å². The summed E-state index contributed by atoms with van der Waals surface area (Å²) < 4.78 is 2.09. The van der Waals surface area contributed by atoms with Crippen molar-refractivity contribution in [1.82, 2.24) is 24.6 Å². The molecule has 17 heavy (non-hydrogen) atoms. The highest BCUT2D eigenvalue weighted by Crippen LogP contribution is 2.13. The molecule has 2 aromatic heterocycles. The molecule has 0 saturated heterocycles. The molecule has 2 aromatic rings. The SMILES string of the molecule is Clc1ccc(CN2CCn3cnnc3C2)cn1. The first-order valence-corrected chi connectivity index (χ1v) is 5.88. The molecule has 0 aromatic carbocycles. The van der Waals surface area contributed by atoms with Gasteiger partial charge in [0.05, 0.1) is 6.54 Å². The third-order valence-electron chi connectivity index (χ3n) is 2.91. The lowest BCUT2D eigenvalue weighted by Gasteiger charge is -2.26. The van der Waals surface area contributed by atoms with Crippen molar-refractivity contribution in [2.75, 3.05) is 6.54 Å². The summed E-state index contributed by atoms with van der Waals surface area (Å²) in [7, 11) is 0. The van der Waals surface area contributed by atoms with Crippen LogP contribution in [-0.4, -0.2) is 31.2 Å². The molecule has 0 N–H and O–H groups in total. The first-order valence-electron chi connectivity index (χ1n) is 5.51. The van der Waals surface area contributed by atoms with Gasteiger partial charge in [0.15, 0.2) is 0 Å². The summed E-state index contributed by atoms with van der Waals surface area (Å²) in [5, 5.41) is 8.55. The quantitative estimate of drug-likeness (QED) is 0.754. The maximum atomic E-state index is 5.76. The molecule has 88 valence electrons. The normalized spacial score (nSPS) is 15.8. The van der Waals surface area contributed by atoms with E-state index in [1.807, 2.05) is 18.3 Å². The van der Waals surface area contributed by atoms with Crippen molar-refractivity contribution in [3.63, 3.8) is 0 Å².